The van der Waals surface area contributed by atoms with Crippen LogP contribution in [-0.4, -0.2) is 58.9 Å². The van der Waals surface area contributed by atoms with Gasteiger partial charge in [-0.1, -0.05) is 30.3 Å². The monoisotopic (exact) mass is 467 g/mol. The molecule has 0 spiro atoms. The van der Waals surface area contributed by atoms with E-state index in [1.54, 1.807) is 29.4 Å². The lowest BCUT2D eigenvalue weighted by atomic mass is 9.83. The molecule has 1 aliphatic rings. The van der Waals surface area contributed by atoms with E-state index in [0.717, 1.165) is 5.56 Å². The molecule has 0 saturated heterocycles. The van der Waals surface area contributed by atoms with Gasteiger partial charge in [0.25, 0.3) is 0 Å². The molecule has 1 aliphatic heterocycles. The molecule has 3 rings (SSSR count). The Morgan fingerprint density at radius 3 is 1.76 bits per heavy atom. The van der Waals surface area contributed by atoms with E-state index in [4.69, 9.17) is 23.7 Å². The van der Waals surface area contributed by atoms with Gasteiger partial charge in [-0.3, -0.25) is 0 Å². The van der Waals surface area contributed by atoms with Crippen LogP contribution in [0.1, 0.15) is 17.0 Å². The van der Waals surface area contributed by atoms with Crippen LogP contribution in [0.15, 0.2) is 66.0 Å². The van der Waals surface area contributed by atoms with Crippen LogP contribution in [0.2, 0.25) is 0 Å². The summed E-state index contributed by atoms with van der Waals surface area (Å²) < 4.78 is 26.5. The number of carbonyl (C=O) groups excluding carboxylic acids is 2. The van der Waals surface area contributed by atoms with Crippen molar-refractivity contribution in [3.05, 3.63) is 77.1 Å². The van der Waals surface area contributed by atoms with Crippen LogP contribution in [0.3, 0.4) is 0 Å². The fourth-order valence-electron chi connectivity index (χ4n) is 3.95. The highest BCUT2D eigenvalue weighted by molar-refractivity contribution is 5.98. The molecule has 8 heteroatoms. The van der Waals surface area contributed by atoms with E-state index in [0.29, 0.717) is 35.8 Å². The number of hydrogen-bond acceptors (Lipinski definition) is 8. The summed E-state index contributed by atoms with van der Waals surface area (Å²) in [6.07, 6.45) is 4.12. The van der Waals surface area contributed by atoms with Gasteiger partial charge in [-0.2, -0.15) is 0 Å². The summed E-state index contributed by atoms with van der Waals surface area (Å²) in [7, 11) is 7.12. The minimum absolute atomic E-state index is 0.285. The van der Waals surface area contributed by atoms with Crippen LogP contribution in [-0.2, 0) is 25.5 Å². The Morgan fingerprint density at radius 1 is 0.794 bits per heavy atom. The van der Waals surface area contributed by atoms with Crippen LogP contribution in [0.25, 0.3) is 0 Å². The summed E-state index contributed by atoms with van der Waals surface area (Å²) in [5, 5.41) is 0. The van der Waals surface area contributed by atoms with Gasteiger partial charge < -0.3 is 28.6 Å². The van der Waals surface area contributed by atoms with E-state index in [1.807, 2.05) is 30.3 Å². The third-order valence-electron chi connectivity index (χ3n) is 5.60. The fourth-order valence-corrected chi connectivity index (χ4v) is 3.95. The molecule has 34 heavy (non-hydrogen) atoms. The van der Waals surface area contributed by atoms with Crippen molar-refractivity contribution in [2.45, 2.75) is 12.3 Å². The second-order valence-electron chi connectivity index (χ2n) is 7.52. The predicted octanol–water partition coefficient (Wildman–Crippen LogP) is 3.47. The van der Waals surface area contributed by atoms with E-state index in [9.17, 15) is 9.59 Å². The Bertz CT molecular complexity index is 1030. The first-order valence-corrected chi connectivity index (χ1v) is 10.7. The highest BCUT2D eigenvalue weighted by atomic mass is 16.5. The second-order valence-corrected chi connectivity index (χ2v) is 7.52. The first-order valence-electron chi connectivity index (χ1n) is 10.7. The largest absolute Gasteiger partial charge is 0.493 e. The molecule has 2 aromatic carbocycles. The normalized spacial score (nSPS) is 13.5. The summed E-state index contributed by atoms with van der Waals surface area (Å²) in [5.41, 5.74) is 2.29. The van der Waals surface area contributed by atoms with Gasteiger partial charge in [-0.05, 0) is 29.7 Å². The van der Waals surface area contributed by atoms with Crippen LogP contribution < -0.4 is 14.2 Å². The third-order valence-corrected chi connectivity index (χ3v) is 5.60. The average Bonchev–Trinajstić information content (AvgIpc) is 2.89. The maximum Gasteiger partial charge on any atom is 0.336 e. The van der Waals surface area contributed by atoms with Crippen molar-refractivity contribution in [1.82, 2.24) is 4.90 Å². The first kappa shape index (κ1) is 24.7. The molecule has 0 bridgehead atoms. The molecule has 0 atom stereocenters. The standard InChI is InChI=1S/C26H29NO7/c1-30-21-13-18(14-22(31-2)24(21)32-3)23-19(25(28)33-4)15-27(16-20(23)26(29)34-5)12-11-17-9-7-6-8-10-17/h6-10,13-16,23H,11-12H2,1-5H3. The number of carbonyl (C=O) groups is 2. The lowest BCUT2D eigenvalue weighted by molar-refractivity contribution is -0.137. The van der Waals surface area contributed by atoms with Crippen LogP contribution in [0.5, 0.6) is 17.2 Å². The summed E-state index contributed by atoms with van der Waals surface area (Å²) in [4.78, 5) is 27.6. The van der Waals surface area contributed by atoms with E-state index in [-0.39, 0.29) is 11.1 Å². The van der Waals surface area contributed by atoms with Gasteiger partial charge in [-0.15, -0.1) is 0 Å². The number of benzene rings is 2. The highest BCUT2D eigenvalue weighted by Crippen LogP contribution is 2.44. The predicted molar refractivity (Wildman–Crippen MR) is 126 cm³/mol. The molecule has 0 aliphatic carbocycles. The van der Waals surface area contributed by atoms with E-state index >= 15 is 0 Å². The van der Waals surface area contributed by atoms with Gasteiger partial charge in [0.05, 0.1) is 52.6 Å². The Labute approximate surface area is 199 Å². The molecule has 1 heterocycles. The lowest BCUT2D eigenvalue weighted by Crippen LogP contribution is -2.29. The van der Waals surface area contributed by atoms with Crippen molar-refractivity contribution in [3.8, 4) is 17.2 Å². The van der Waals surface area contributed by atoms with E-state index in [2.05, 4.69) is 0 Å². The maximum absolute atomic E-state index is 12.9. The molecule has 2 aromatic rings. The van der Waals surface area contributed by atoms with Gasteiger partial charge in [0.2, 0.25) is 5.75 Å². The zero-order valence-electron chi connectivity index (χ0n) is 20.0. The molecule has 180 valence electrons. The minimum Gasteiger partial charge on any atom is -0.493 e. The van der Waals surface area contributed by atoms with Crippen LogP contribution in [0, 0.1) is 0 Å². The van der Waals surface area contributed by atoms with Crippen molar-refractivity contribution in [3.63, 3.8) is 0 Å². The number of hydrogen-bond donors (Lipinski definition) is 0. The molecule has 0 N–H and O–H groups in total. The van der Waals surface area contributed by atoms with Crippen molar-refractivity contribution in [2.24, 2.45) is 0 Å². The Hall–Kier alpha value is -3.94. The Morgan fingerprint density at radius 2 is 1.32 bits per heavy atom. The number of nitrogens with zero attached hydrogens (tertiary/aromatic N) is 1. The molecule has 0 amide bonds. The zero-order chi connectivity index (χ0) is 24.7. The molecular formula is C26H29NO7. The quantitative estimate of drug-likeness (QED) is 0.519. The molecule has 0 radical (unpaired) electrons. The van der Waals surface area contributed by atoms with Gasteiger partial charge >= 0.3 is 11.9 Å². The molecule has 0 saturated carbocycles. The minimum atomic E-state index is -0.762. The van der Waals surface area contributed by atoms with Gasteiger partial charge in [0.15, 0.2) is 11.5 Å². The van der Waals surface area contributed by atoms with Gasteiger partial charge in [0.1, 0.15) is 0 Å². The van der Waals surface area contributed by atoms with E-state index in [1.165, 1.54) is 35.5 Å². The Kier molecular flexibility index (Phi) is 8.19. The van der Waals surface area contributed by atoms with Crippen LogP contribution >= 0.6 is 0 Å². The summed E-state index contributed by atoms with van der Waals surface area (Å²) in [6, 6.07) is 13.4. The van der Waals surface area contributed by atoms with Crippen molar-refractivity contribution >= 4 is 11.9 Å². The average molecular weight is 468 g/mol. The number of esters is 2. The number of methoxy groups -OCH3 is 5. The summed E-state index contributed by atoms with van der Waals surface area (Å²) in [5.74, 6) is -0.674. The van der Waals surface area contributed by atoms with Crippen LogP contribution in [0.4, 0.5) is 0 Å². The fraction of sp³-hybridized carbons (Fsp3) is 0.308. The van der Waals surface area contributed by atoms with E-state index < -0.39 is 17.9 Å². The van der Waals surface area contributed by atoms with Crippen molar-refractivity contribution in [1.29, 1.82) is 0 Å². The number of rotatable bonds is 9. The first-order chi connectivity index (χ1) is 16.5. The summed E-state index contributed by atoms with van der Waals surface area (Å²) in [6.45, 7) is 0.549. The second kappa shape index (κ2) is 11.3. The molecule has 0 fully saturated rings. The Balaban J connectivity index is 2.10. The van der Waals surface area contributed by atoms with Gasteiger partial charge in [0, 0.05) is 18.9 Å². The van der Waals surface area contributed by atoms with Crippen molar-refractivity contribution < 1.29 is 33.3 Å². The SMILES string of the molecule is COC(=O)C1=CN(CCc2ccccc2)C=C(C(=O)OC)C1c1cc(OC)c(OC)c(OC)c1. The molecule has 0 unspecified atom stereocenters. The molecule has 8 nitrogen and oxygen atoms in total. The summed E-state index contributed by atoms with van der Waals surface area (Å²) >= 11 is 0. The van der Waals surface area contributed by atoms with Gasteiger partial charge in [-0.25, -0.2) is 9.59 Å². The number of ether oxygens (including phenoxy) is 5. The molecular weight excluding hydrogens is 438 g/mol. The zero-order valence-corrected chi connectivity index (χ0v) is 20.0. The highest BCUT2D eigenvalue weighted by Gasteiger charge is 2.36. The van der Waals surface area contributed by atoms with Crippen molar-refractivity contribution in [2.75, 3.05) is 42.1 Å². The third kappa shape index (κ3) is 5.17. The molecule has 0 aromatic heterocycles. The lowest BCUT2D eigenvalue weighted by Gasteiger charge is -2.30. The smallest absolute Gasteiger partial charge is 0.336 e. The topological polar surface area (TPSA) is 83.5 Å². The maximum atomic E-state index is 12.9.